The van der Waals surface area contributed by atoms with Gasteiger partial charge in [0.15, 0.2) is 0 Å². The number of nitrogens with one attached hydrogen (secondary N) is 1. The molecule has 0 bridgehead atoms. The zero-order valence-electron chi connectivity index (χ0n) is 22.9. The smallest absolute Gasteiger partial charge is 0.304 e. The van der Waals surface area contributed by atoms with Crippen molar-refractivity contribution < 1.29 is 18.0 Å². The van der Waals surface area contributed by atoms with Crippen LogP contribution in [0.3, 0.4) is 0 Å². The molecule has 0 radical (unpaired) electrons. The van der Waals surface area contributed by atoms with Crippen molar-refractivity contribution in [2.75, 3.05) is 32.0 Å². The molecule has 1 N–H and O–H groups in total. The van der Waals surface area contributed by atoms with E-state index in [1.807, 2.05) is 49.4 Å². The van der Waals surface area contributed by atoms with Gasteiger partial charge in [-0.3, -0.25) is 9.59 Å². The molecular weight excluding hydrogens is 536 g/mol. The van der Waals surface area contributed by atoms with Crippen molar-refractivity contribution in [3.63, 3.8) is 0 Å². The van der Waals surface area contributed by atoms with E-state index >= 15 is 0 Å². The Balaban J connectivity index is 2.11. The first-order valence-corrected chi connectivity index (χ1v) is 14.3. The Hall–Kier alpha value is -3.40. The van der Waals surface area contributed by atoms with Crippen molar-refractivity contribution in [1.29, 1.82) is 0 Å². The van der Waals surface area contributed by atoms with Crippen LogP contribution in [0.2, 0.25) is 5.02 Å². The molecular formula is C29H35ClN4O4S. The van der Waals surface area contributed by atoms with Crippen molar-refractivity contribution in [3.05, 3.63) is 100 Å². The lowest BCUT2D eigenvalue weighted by Crippen LogP contribution is -2.54. The lowest BCUT2D eigenvalue weighted by atomic mass is 10.0. The average molecular weight is 571 g/mol. The molecule has 3 aromatic rings. The Labute approximate surface area is 236 Å². The number of halogens is 1. The van der Waals surface area contributed by atoms with E-state index in [0.717, 1.165) is 19.7 Å². The Morgan fingerprint density at radius 3 is 2.21 bits per heavy atom. The van der Waals surface area contributed by atoms with Gasteiger partial charge in [-0.05, 0) is 48.2 Å². The number of amides is 2. The summed E-state index contributed by atoms with van der Waals surface area (Å²) in [6.45, 7) is 3.17. The zero-order valence-corrected chi connectivity index (χ0v) is 24.5. The summed E-state index contributed by atoms with van der Waals surface area (Å²) in [5.74, 6) is -0.904. The molecule has 3 aromatic carbocycles. The normalized spacial score (nSPS) is 12.2. The van der Waals surface area contributed by atoms with E-state index in [0.29, 0.717) is 21.8 Å². The van der Waals surface area contributed by atoms with Gasteiger partial charge < -0.3 is 10.2 Å². The van der Waals surface area contributed by atoms with Crippen LogP contribution in [0.25, 0.3) is 0 Å². The molecule has 0 aliphatic rings. The van der Waals surface area contributed by atoms with Crippen LogP contribution < -0.4 is 9.62 Å². The maximum absolute atomic E-state index is 14.1. The van der Waals surface area contributed by atoms with E-state index in [1.54, 1.807) is 37.3 Å². The fourth-order valence-corrected chi connectivity index (χ4v) is 5.53. The molecule has 1 unspecified atom stereocenters. The SMILES string of the molecule is CNC(=O)C(Cc1ccccc1)N(Cc1ccccc1Cl)C(=O)CN(c1cc(C)ccc1C)S(=O)(=O)N(C)C. The van der Waals surface area contributed by atoms with Gasteiger partial charge in [0.1, 0.15) is 12.6 Å². The molecule has 0 spiro atoms. The Morgan fingerprint density at radius 2 is 1.59 bits per heavy atom. The van der Waals surface area contributed by atoms with Crippen molar-refractivity contribution in [3.8, 4) is 0 Å². The molecule has 0 heterocycles. The maximum atomic E-state index is 14.1. The Bertz CT molecular complexity index is 1410. The number of likely N-dealkylation sites (N-methyl/N-ethyl adjacent to an activating group) is 1. The molecule has 2 amide bonds. The predicted octanol–water partition coefficient (Wildman–Crippen LogP) is 3.96. The molecule has 0 fully saturated rings. The van der Waals surface area contributed by atoms with Crippen LogP contribution in [0.5, 0.6) is 0 Å². The van der Waals surface area contributed by atoms with Gasteiger partial charge in [-0.2, -0.15) is 12.7 Å². The topological polar surface area (TPSA) is 90.0 Å². The number of benzene rings is 3. The second-order valence-corrected chi connectivity index (χ2v) is 12.0. The van der Waals surface area contributed by atoms with Gasteiger partial charge in [0, 0.05) is 39.1 Å². The number of carbonyl (C=O) groups is 2. The van der Waals surface area contributed by atoms with Crippen LogP contribution in [-0.2, 0) is 32.8 Å². The number of nitrogens with zero attached hydrogens (tertiary/aromatic N) is 3. The van der Waals surface area contributed by atoms with Gasteiger partial charge in [0.2, 0.25) is 11.8 Å². The van der Waals surface area contributed by atoms with E-state index in [4.69, 9.17) is 11.6 Å². The van der Waals surface area contributed by atoms with Gasteiger partial charge >= 0.3 is 10.2 Å². The van der Waals surface area contributed by atoms with E-state index in [2.05, 4.69) is 5.32 Å². The lowest BCUT2D eigenvalue weighted by Gasteiger charge is -2.34. The predicted molar refractivity (Wildman–Crippen MR) is 156 cm³/mol. The quantitative estimate of drug-likeness (QED) is 0.378. The molecule has 10 heteroatoms. The minimum Gasteiger partial charge on any atom is -0.357 e. The van der Waals surface area contributed by atoms with Crippen LogP contribution in [0.4, 0.5) is 5.69 Å². The maximum Gasteiger partial charge on any atom is 0.304 e. The third-order valence-corrected chi connectivity index (χ3v) is 8.64. The van der Waals surface area contributed by atoms with E-state index in [-0.39, 0.29) is 18.9 Å². The van der Waals surface area contributed by atoms with Crippen molar-refractivity contribution in [1.82, 2.24) is 14.5 Å². The molecule has 0 aromatic heterocycles. The number of hydrogen-bond acceptors (Lipinski definition) is 4. The summed E-state index contributed by atoms with van der Waals surface area (Å²) >= 11 is 6.45. The molecule has 39 heavy (non-hydrogen) atoms. The third-order valence-electron chi connectivity index (χ3n) is 6.47. The summed E-state index contributed by atoms with van der Waals surface area (Å²) < 4.78 is 29.2. The Morgan fingerprint density at radius 1 is 0.949 bits per heavy atom. The summed E-state index contributed by atoms with van der Waals surface area (Å²) in [4.78, 5) is 28.8. The van der Waals surface area contributed by atoms with Crippen LogP contribution in [0, 0.1) is 13.8 Å². The van der Waals surface area contributed by atoms with E-state index in [1.165, 1.54) is 26.0 Å². The molecule has 0 saturated heterocycles. The summed E-state index contributed by atoms with van der Waals surface area (Å²) in [6.07, 6.45) is 0.237. The molecule has 0 aliphatic carbocycles. The van der Waals surface area contributed by atoms with Gasteiger partial charge in [-0.25, -0.2) is 4.31 Å². The van der Waals surface area contributed by atoms with E-state index < -0.39 is 28.7 Å². The van der Waals surface area contributed by atoms with Crippen LogP contribution >= 0.6 is 11.6 Å². The number of carbonyl (C=O) groups excluding carboxylic acids is 2. The minimum atomic E-state index is -4.06. The molecule has 208 valence electrons. The summed E-state index contributed by atoms with van der Waals surface area (Å²) in [6, 6.07) is 21.0. The van der Waals surface area contributed by atoms with Crippen molar-refractivity contribution >= 4 is 39.3 Å². The third kappa shape index (κ3) is 7.38. The first kappa shape index (κ1) is 30.1. The Kier molecular flexibility index (Phi) is 10.1. The number of aryl methyl sites for hydroxylation is 2. The minimum absolute atomic E-state index is 0.0199. The molecule has 0 saturated carbocycles. The summed E-state index contributed by atoms with van der Waals surface area (Å²) in [7, 11) is 0.290. The number of anilines is 1. The highest BCUT2D eigenvalue weighted by atomic mass is 35.5. The first-order valence-electron chi connectivity index (χ1n) is 12.5. The van der Waals surface area contributed by atoms with Crippen molar-refractivity contribution in [2.24, 2.45) is 0 Å². The van der Waals surface area contributed by atoms with Crippen molar-refractivity contribution in [2.45, 2.75) is 32.9 Å². The molecule has 0 aliphatic heterocycles. The van der Waals surface area contributed by atoms with Crippen LogP contribution in [0.1, 0.15) is 22.3 Å². The second-order valence-electron chi connectivity index (χ2n) is 9.52. The van der Waals surface area contributed by atoms with Gasteiger partial charge in [-0.15, -0.1) is 0 Å². The number of rotatable bonds is 11. The molecule has 3 rings (SSSR count). The van der Waals surface area contributed by atoms with Gasteiger partial charge in [-0.1, -0.05) is 72.3 Å². The van der Waals surface area contributed by atoms with Crippen LogP contribution in [-0.4, -0.2) is 63.2 Å². The summed E-state index contributed by atoms with van der Waals surface area (Å²) in [5.41, 5.74) is 3.44. The fourth-order valence-electron chi connectivity index (χ4n) is 4.22. The van der Waals surface area contributed by atoms with Gasteiger partial charge in [0.05, 0.1) is 5.69 Å². The highest BCUT2D eigenvalue weighted by molar-refractivity contribution is 7.90. The van der Waals surface area contributed by atoms with Gasteiger partial charge in [0.25, 0.3) is 0 Å². The first-order chi connectivity index (χ1) is 18.4. The van der Waals surface area contributed by atoms with E-state index in [9.17, 15) is 18.0 Å². The fraction of sp³-hybridized carbons (Fsp3) is 0.310. The molecule has 8 nitrogen and oxygen atoms in total. The summed E-state index contributed by atoms with van der Waals surface area (Å²) in [5, 5.41) is 3.11. The molecule has 1 atom stereocenters. The highest BCUT2D eigenvalue weighted by Crippen LogP contribution is 2.27. The zero-order chi connectivity index (χ0) is 28.7. The van der Waals surface area contributed by atoms with Crippen LogP contribution in [0.15, 0.2) is 72.8 Å². The monoisotopic (exact) mass is 570 g/mol. The largest absolute Gasteiger partial charge is 0.357 e. The lowest BCUT2D eigenvalue weighted by molar-refractivity contribution is -0.139. The second kappa shape index (κ2) is 13.1. The standard InChI is InChI=1S/C29H35ClN4O4S/c1-21-15-16-22(2)26(17-21)34(39(37,38)32(4)5)20-28(35)33(19-24-13-9-10-14-25(24)30)27(29(36)31-3)18-23-11-7-6-8-12-23/h6-17,27H,18-20H2,1-5H3,(H,31,36). The average Bonchev–Trinajstić information content (AvgIpc) is 2.91. The highest BCUT2D eigenvalue weighted by Gasteiger charge is 2.35. The number of hydrogen-bond donors (Lipinski definition) is 1.